The number of carbonyl (C=O) groups is 1. The minimum atomic E-state index is -0.756. The first-order valence-corrected chi connectivity index (χ1v) is 8.46. The minimum absolute atomic E-state index is 0.444. The van der Waals surface area contributed by atoms with Crippen LogP contribution in [0.1, 0.15) is 49.3 Å². The SMILES string of the molecule is CCC(CCc1ccccc1C(C)C(=O)O)Cc1ccccc1. The van der Waals surface area contributed by atoms with E-state index in [1.54, 1.807) is 6.92 Å². The molecule has 2 nitrogen and oxygen atoms in total. The van der Waals surface area contributed by atoms with Gasteiger partial charge in [0.25, 0.3) is 0 Å². The first-order valence-electron chi connectivity index (χ1n) is 8.46. The molecule has 23 heavy (non-hydrogen) atoms. The van der Waals surface area contributed by atoms with Crippen LogP contribution in [0.25, 0.3) is 0 Å². The molecule has 0 saturated heterocycles. The molecule has 2 atom stereocenters. The van der Waals surface area contributed by atoms with Crippen molar-refractivity contribution in [1.82, 2.24) is 0 Å². The second kappa shape index (κ2) is 8.52. The predicted octanol–water partition coefficient (Wildman–Crippen LogP) is 5.08. The summed E-state index contributed by atoms with van der Waals surface area (Å²) in [6.45, 7) is 4.00. The molecule has 0 aliphatic heterocycles. The molecule has 2 heteroatoms. The molecule has 2 aromatic rings. The molecule has 2 aromatic carbocycles. The molecular weight excluding hydrogens is 284 g/mol. The Morgan fingerprint density at radius 2 is 1.70 bits per heavy atom. The maximum Gasteiger partial charge on any atom is 0.310 e. The Kier molecular flexibility index (Phi) is 6.40. The van der Waals surface area contributed by atoms with Gasteiger partial charge in [-0.05, 0) is 48.8 Å². The van der Waals surface area contributed by atoms with Crippen molar-refractivity contribution in [2.45, 2.75) is 45.4 Å². The second-order valence-corrected chi connectivity index (χ2v) is 6.26. The summed E-state index contributed by atoms with van der Waals surface area (Å²) in [6.07, 6.45) is 4.27. The number of aliphatic carboxylic acids is 1. The highest BCUT2D eigenvalue weighted by Gasteiger charge is 2.17. The molecule has 2 unspecified atom stereocenters. The van der Waals surface area contributed by atoms with Crippen molar-refractivity contribution >= 4 is 5.97 Å². The van der Waals surface area contributed by atoms with E-state index in [1.165, 1.54) is 11.1 Å². The monoisotopic (exact) mass is 310 g/mol. The van der Waals surface area contributed by atoms with Crippen LogP contribution in [0.4, 0.5) is 0 Å². The van der Waals surface area contributed by atoms with Gasteiger partial charge in [-0.15, -0.1) is 0 Å². The lowest BCUT2D eigenvalue weighted by Crippen LogP contribution is -2.11. The summed E-state index contributed by atoms with van der Waals surface area (Å²) in [5.41, 5.74) is 3.51. The van der Waals surface area contributed by atoms with Crippen LogP contribution in [0.5, 0.6) is 0 Å². The number of hydrogen-bond acceptors (Lipinski definition) is 1. The van der Waals surface area contributed by atoms with E-state index in [9.17, 15) is 9.90 Å². The van der Waals surface area contributed by atoms with Gasteiger partial charge in [0.2, 0.25) is 0 Å². The minimum Gasteiger partial charge on any atom is -0.481 e. The molecule has 0 bridgehead atoms. The first-order chi connectivity index (χ1) is 11.1. The number of carboxylic acids is 1. The maximum atomic E-state index is 11.3. The fourth-order valence-electron chi connectivity index (χ4n) is 3.07. The van der Waals surface area contributed by atoms with Crippen LogP contribution in [-0.2, 0) is 17.6 Å². The topological polar surface area (TPSA) is 37.3 Å². The Morgan fingerprint density at radius 1 is 1.04 bits per heavy atom. The zero-order valence-electron chi connectivity index (χ0n) is 14.0. The number of aryl methyl sites for hydroxylation is 1. The molecule has 1 N–H and O–H groups in total. The van der Waals surface area contributed by atoms with E-state index in [4.69, 9.17) is 0 Å². The molecule has 0 fully saturated rings. The van der Waals surface area contributed by atoms with Crippen LogP contribution in [0, 0.1) is 5.92 Å². The summed E-state index contributed by atoms with van der Waals surface area (Å²) in [5, 5.41) is 9.28. The smallest absolute Gasteiger partial charge is 0.310 e. The first kappa shape index (κ1) is 17.3. The van der Waals surface area contributed by atoms with E-state index < -0.39 is 11.9 Å². The predicted molar refractivity (Wildman–Crippen MR) is 94.7 cm³/mol. The van der Waals surface area contributed by atoms with Gasteiger partial charge < -0.3 is 5.11 Å². The number of hydrogen-bond donors (Lipinski definition) is 1. The van der Waals surface area contributed by atoms with Crippen LogP contribution in [0.3, 0.4) is 0 Å². The Bertz CT molecular complexity index is 619. The second-order valence-electron chi connectivity index (χ2n) is 6.26. The molecule has 0 aliphatic carbocycles. The van der Waals surface area contributed by atoms with Gasteiger partial charge in [-0.2, -0.15) is 0 Å². The van der Waals surface area contributed by atoms with Crippen LogP contribution < -0.4 is 0 Å². The lowest BCUT2D eigenvalue weighted by atomic mass is 9.87. The lowest BCUT2D eigenvalue weighted by Gasteiger charge is -2.17. The zero-order valence-corrected chi connectivity index (χ0v) is 14.0. The molecule has 0 heterocycles. The fourth-order valence-corrected chi connectivity index (χ4v) is 3.07. The maximum absolute atomic E-state index is 11.3. The van der Waals surface area contributed by atoms with Gasteiger partial charge in [0.05, 0.1) is 5.92 Å². The molecule has 122 valence electrons. The molecule has 0 saturated carbocycles. The van der Waals surface area contributed by atoms with Crippen molar-refractivity contribution in [1.29, 1.82) is 0 Å². The van der Waals surface area contributed by atoms with Crippen molar-refractivity contribution in [3.8, 4) is 0 Å². The van der Waals surface area contributed by atoms with Gasteiger partial charge in [0, 0.05) is 0 Å². The summed E-state index contributed by atoms with van der Waals surface area (Å²) in [7, 11) is 0. The highest BCUT2D eigenvalue weighted by molar-refractivity contribution is 5.76. The van der Waals surface area contributed by atoms with E-state index in [1.807, 2.05) is 24.3 Å². The largest absolute Gasteiger partial charge is 0.481 e. The van der Waals surface area contributed by atoms with Crippen LogP contribution in [-0.4, -0.2) is 11.1 Å². The van der Waals surface area contributed by atoms with E-state index in [-0.39, 0.29) is 0 Å². The number of carboxylic acid groups (broad SMARTS) is 1. The molecule has 0 radical (unpaired) electrons. The van der Waals surface area contributed by atoms with Crippen molar-refractivity contribution in [2.75, 3.05) is 0 Å². The Labute approximate surface area is 139 Å². The number of rotatable bonds is 8. The molecule has 0 spiro atoms. The van der Waals surface area contributed by atoms with Gasteiger partial charge in [0.15, 0.2) is 0 Å². The van der Waals surface area contributed by atoms with Crippen molar-refractivity contribution in [3.05, 3.63) is 71.3 Å². The van der Waals surface area contributed by atoms with Crippen LogP contribution in [0.2, 0.25) is 0 Å². The summed E-state index contributed by atoms with van der Waals surface area (Å²) in [6, 6.07) is 18.6. The van der Waals surface area contributed by atoms with Crippen molar-refractivity contribution in [3.63, 3.8) is 0 Å². The van der Waals surface area contributed by atoms with E-state index in [0.717, 1.165) is 31.2 Å². The van der Waals surface area contributed by atoms with E-state index >= 15 is 0 Å². The van der Waals surface area contributed by atoms with Crippen LogP contribution in [0.15, 0.2) is 54.6 Å². The third kappa shape index (κ3) is 4.95. The average molecular weight is 310 g/mol. The average Bonchev–Trinajstić information content (AvgIpc) is 2.59. The summed E-state index contributed by atoms with van der Waals surface area (Å²) >= 11 is 0. The molecular formula is C21H26O2. The lowest BCUT2D eigenvalue weighted by molar-refractivity contribution is -0.138. The highest BCUT2D eigenvalue weighted by atomic mass is 16.4. The van der Waals surface area contributed by atoms with E-state index in [2.05, 4.69) is 37.3 Å². The Morgan fingerprint density at radius 3 is 2.35 bits per heavy atom. The van der Waals surface area contributed by atoms with Gasteiger partial charge in [-0.1, -0.05) is 67.9 Å². The quantitative estimate of drug-likeness (QED) is 0.738. The number of benzene rings is 2. The molecule has 0 aliphatic rings. The van der Waals surface area contributed by atoms with Gasteiger partial charge in [-0.25, -0.2) is 0 Å². The van der Waals surface area contributed by atoms with Gasteiger partial charge in [-0.3, -0.25) is 4.79 Å². The zero-order chi connectivity index (χ0) is 16.7. The highest BCUT2D eigenvalue weighted by Crippen LogP contribution is 2.24. The molecule has 0 aromatic heterocycles. The standard InChI is InChI=1S/C21H26O2/c1-3-17(15-18-9-5-4-6-10-18)13-14-19-11-7-8-12-20(19)16(2)21(22)23/h4-12,16-17H,3,13-15H2,1-2H3,(H,22,23). The molecule has 2 rings (SSSR count). The molecule has 0 amide bonds. The normalized spacial score (nSPS) is 13.5. The summed E-state index contributed by atoms with van der Waals surface area (Å²) in [4.78, 5) is 11.3. The third-order valence-electron chi connectivity index (χ3n) is 4.66. The fraction of sp³-hybridized carbons (Fsp3) is 0.381. The summed E-state index contributed by atoms with van der Waals surface area (Å²) < 4.78 is 0. The van der Waals surface area contributed by atoms with Crippen LogP contribution >= 0.6 is 0 Å². The van der Waals surface area contributed by atoms with Crippen molar-refractivity contribution in [2.24, 2.45) is 5.92 Å². The van der Waals surface area contributed by atoms with Crippen molar-refractivity contribution < 1.29 is 9.90 Å². The van der Waals surface area contributed by atoms with Gasteiger partial charge in [0.1, 0.15) is 0 Å². The Balaban J connectivity index is 2.03. The third-order valence-corrected chi connectivity index (χ3v) is 4.66. The Hall–Kier alpha value is -2.09. The van der Waals surface area contributed by atoms with E-state index in [0.29, 0.717) is 5.92 Å². The summed E-state index contributed by atoms with van der Waals surface area (Å²) in [5.74, 6) is -0.570. The van der Waals surface area contributed by atoms with Gasteiger partial charge >= 0.3 is 5.97 Å².